The van der Waals surface area contributed by atoms with Crippen molar-refractivity contribution in [2.24, 2.45) is 4.99 Å². The number of amides is 2. The van der Waals surface area contributed by atoms with Gasteiger partial charge in [0.15, 0.2) is 5.78 Å². The maximum absolute atomic E-state index is 13.4. The first-order valence-corrected chi connectivity index (χ1v) is 14.3. The van der Waals surface area contributed by atoms with Crippen molar-refractivity contribution in [1.29, 1.82) is 0 Å². The number of benzene rings is 1. The van der Waals surface area contributed by atoms with Gasteiger partial charge in [-0.3, -0.25) is 24.3 Å². The highest BCUT2D eigenvalue weighted by molar-refractivity contribution is 7.09. The van der Waals surface area contributed by atoms with Crippen molar-refractivity contribution in [3.05, 3.63) is 73.6 Å². The molecule has 1 aromatic heterocycles. The van der Waals surface area contributed by atoms with Gasteiger partial charge in [0, 0.05) is 35.9 Å². The van der Waals surface area contributed by atoms with Gasteiger partial charge < -0.3 is 10.2 Å². The predicted octanol–water partition coefficient (Wildman–Crippen LogP) is 4.92. The molecule has 2 aromatic rings. The number of aliphatic imine (C=N–C) groups is 1. The molecule has 0 radical (unpaired) electrons. The SMILES string of the molecule is C[C@H](Cc1cccs1)N=C1C=CCC(=O)C1=C1Cc2cc3c(c(Cl)c2N1)C(=O)N(C1CCN(C)CC1)C3=O. The summed E-state index contributed by atoms with van der Waals surface area (Å²) in [5.74, 6) is -0.600. The quantitative estimate of drug-likeness (QED) is 0.433. The molecule has 1 saturated heterocycles. The van der Waals surface area contributed by atoms with Crippen LogP contribution in [0, 0.1) is 0 Å². The van der Waals surface area contributed by atoms with Crippen LogP contribution >= 0.6 is 22.9 Å². The van der Waals surface area contributed by atoms with Crippen LogP contribution in [0.1, 0.15) is 57.3 Å². The summed E-state index contributed by atoms with van der Waals surface area (Å²) in [6.45, 7) is 3.74. The molecular weight excluding hydrogens is 520 g/mol. The third-order valence-corrected chi connectivity index (χ3v) is 9.05. The van der Waals surface area contributed by atoms with Gasteiger partial charge in [0.1, 0.15) is 0 Å². The maximum Gasteiger partial charge on any atom is 0.263 e. The fourth-order valence-corrected chi connectivity index (χ4v) is 7.04. The molecule has 4 heterocycles. The van der Waals surface area contributed by atoms with Gasteiger partial charge in [-0.25, -0.2) is 0 Å². The highest BCUT2D eigenvalue weighted by Crippen LogP contribution is 2.44. The van der Waals surface area contributed by atoms with Crippen molar-refractivity contribution >= 4 is 51.9 Å². The minimum atomic E-state index is -0.323. The molecule has 6 rings (SSSR count). The number of hydrogen-bond donors (Lipinski definition) is 1. The van der Waals surface area contributed by atoms with Crippen LogP contribution in [0.5, 0.6) is 0 Å². The molecule has 0 unspecified atom stereocenters. The van der Waals surface area contributed by atoms with Crippen molar-refractivity contribution in [3.63, 3.8) is 0 Å². The van der Waals surface area contributed by atoms with Crippen LogP contribution in [0.2, 0.25) is 5.02 Å². The zero-order valence-corrected chi connectivity index (χ0v) is 23.0. The van der Waals surface area contributed by atoms with E-state index in [0.29, 0.717) is 41.1 Å². The van der Waals surface area contributed by atoms with Crippen molar-refractivity contribution in [2.75, 3.05) is 25.5 Å². The van der Waals surface area contributed by atoms with Crippen LogP contribution in [-0.4, -0.2) is 65.3 Å². The summed E-state index contributed by atoms with van der Waals surface area (Å²) in [6, 6.07) is 5.80. The maximum atomic E-state index is 13.4. The summed E-state index contributed by atoms with van der Waals surface area (Å²) in [4.78, 5) is 49.7. The number of carbonyl (C=O) groups excluding carboxylic acids is 3. The van der Waals surface area contributed by atoms with Crippen LogP contribution < -0.4 is 5.32 Å². The molecule has 1 aromatic carbocycles. The molecule has 1 aliphatic carbocycles. The smallest absolute Gasteiger partial charge is 0.263 e. The summed E-state index contributed by atoms with van der Waals surface area (Å²) in [7, 11) is 2.05. The number of nitrogens with zero attached hydrogens (tertiary/aromatic N) is 3. The third kappa shape index (κ3) is 4.34. The average molecular weight is 549 g/mol. The molecule has 9 heteroatoms. The summed E-state index contributed by atoms with van der Waals surface area (Å²) in [5, 5.41) is 5.65. The Morgan fingerprint density at radius 3 is 2.74 bits per heavy atom. The number of rotatable bonds is 4. The van der Waals surface area contributed by atoms with E-state index in [0.717, 1.165) is 37.9 Å². The second-order valence-corrected chi connectivity index (χ2v) is 11.9. The number of hydrogen-bond acceptors (Lipinski definition) is 7. The van der Waals surface area contributed by atoms with Crippen LogP contribution in [0.15, 0.2) is 52.0 Å². The van der Waals surface area contributed by atoms with Gasteiger partial charge in [-0.05, 0) is 69.1 Å². The Morgan fingerprint density at radius 1 is 1.21 bits per heavy atom. The Morgan fingerprint density at radius 2 is 2.00 bits per heavy atom. The van der Waals surface area contributed by atoms with Gasteiger partial charge in [0.2, 0.25) is 0 Å². The van der Waals surface area contributed by atoms with Gasteiger partial charge in [-0.1, -0.05) is 23.7 Å². The van der Waals surface area contributed by atoms with Crippen LogP contribution in [-0.2, 0) is 17.6 Å². The highest BCUT2D eigenvalue weighted by Gasteiger charge is 2.44. The number of Topliss-reactive ketones (excluding diaryl/α,β-unsaturated/α-hetero) is 1. The van der Waals surface area contributed by atoms with Gasteiger partial charge in [0.05, 0.1) is 39.2 Å². The second-order valence-electron chi connectivity index (χ2n) is 10.5. The molecule has 196 valence electrons. The molecule has 0 bridgehead atoms. The zero-order chi connectivity index (χ0) is 26.6. The number of piperidine rings is 1. The lowest BCUT2D eigenvalue weighted by Gasteiger charge is -2.33. The van der Waals surface area contributed by atoms with Crippen molar-refractivity contribution in [1.82, 2.24) is 9.80 Å². The molecule has 3 aliphatic heterocycles. The second kappa shape index (κ2) is 9.91. The summed E-state index contributed by atoms with van der Waals surface area (Å²) < 4.78 is 0. The summed E-state index contributed by atoms with van der Waals surface area (Å²) in [6.07, 6.45) is 6.81. The Kier molecular flexibility index (Phi) is 6.58. The van der Waals surface area contributed by atoms with Crippen LogP contribution in [0.25, 0.3) is 0 Å². The average Bonchev–Trinajstić information content (AvgIpc) is 3.60. The molecule has 4 aliphatic rings. The minimum absolute atomic E-state index is 0.00543. The van der Waals surface area contributed by atoms with Gasteiger partial charge in [-0.15, -0.1) is 11.3 Å². The molecule has 7 nitrogen and oxygen atoms in total. The van der Waals surface area contributed by atoms with E-state index in [2.05, 4.69) is 21.7 Å². The first-order chi connectivity index (χ1) is 18.3. The number of imide groups is 1. The van der Waals surface area contributed by atoms with Gasteiger partial charge in [0.25, 0.3) is 11.8 Å². The molecule has 1 fully saturated rings. The number of carbonyl (C=O) groups is 3. The van der Waals surface area contributed by atoms with E-state index in [9.17, 15) is 14.4 Å². The number of anilines is 1. The van der Waals surface area contributed by atoms with Crippen molar-refractivity contribution < 1.29 is 14.4 Å². The predicted molar refractivity (Wildman–Crippen MR) is 151 cm³/mol. The molecule has 1 atom stereocenters. The topological polar surface area (TPSA) is 82.1 Å². The zero-order valence-electron chi connectivity index (χ0n) is 21.4. The summed E-state index contributed by atoms with van der Waals surface area (Å²) >= 11 is 8.51. The fraction of sp³-hybridized carbons (Fsp3) is 0.379. The molecule has 2 amide bonds. The van der Waals surface area contributed by atoms with E-state index >= 15 is 0 Å². The molecule has 0 spiro atoms. The number of allylic oxidation sites excluding steroid dienone is 4. The standard InChI is InChI=1S/C29H29ClN4O3S/c1-16(13-19-5-4-12-38-19)31-21-6-3-7-23(35)25(21)22-15-17-14-20-24(26(30)27(17)32-22)29(37)34(28(20)36)18-8-10-33(2)11-9-18/h3-6,12,14,16,18,32H,7-11,13,15H2,1-2H3/t16-/m1/s1. The van der Waals surface area contributed by atoms with E-state index < -0.39 is 0 Å². The van der Waals surface area contributed by atoms with E-state index in [4.69, 9.17) is 16.6 Å². The minimum Gasteiger partial charge on any atom is -0.356 e. The Bertz CT molecular complexity index is 1430. The molecule has 38 heavy (non-hydrogen) atoms. The van der Waals surface area contributed by atoms with E-state index in [1.807, 2.05) is 32.2 Å². The number of halogens is 1. The van der Waals surface area contributed by atoms with E-state index in [1.54, 1.807) is 17.4 Å². The van der Waals surface area contributed by atoms with Crippen molar-refractivity contribution in [2.45, 2.75) is 51.1 Å². The van der Waals surface area contributed by atoms with Crippen LogP contribution in [0.4, 0.5) is 5.69 Å². The molecule has 1 N–H and O–H groups in total. The number of ketones is 1. The largest absolute Gasteiger partial charge is 0.356 e. The van der Waals surface area contributed by atoms with Gasteiger partial charge >= 0.3 is 0 Å². The normalized spacial score (nSPS) is 23.8. The monoisotopic (exact) mass is 548 g/mol. The van der Waals surface area contributed by atoms with E-state index in [1.165, 1.54) is 9.78 Å². The third-order valence-electron chi connectivity index (χ3n) is 7.78. The Labute approximate surface area is 230 Å². The lowest BCUT2D eigenvalue weighted by atomic mass is 9.93. The molecular formula is C29H29ClN4O3S. The lowest BCUT2D eigenvalue weighted by molar-refractivity contribution is -0.114. The number of nitrogens with one attached hydrogen (secondary N) is 1. The Balaban J connectivity index is 1.31. The number of thiophene rings is 1. The molecule has 0 saturated carbocycles. The van der Waals surface area contributed by atoms with Crippen molar-refractivity contribution in [3.8, 4) is 0 Å². The Hall–Kier alpha value is -3.07. The van der Waals surface area contributed by atoms with E-state index in [-0.39, 0.29) is 40.3 Å². The lowest BCUT2D eigenvalue weighted by Crippen LogP contribution is -2.46. The number of likely N-dealkylation sites (tertiary alicyclic amines) is 1. The van der Waals surface area contributed by atoms with Crippen LogP contribution in [0.3, 0.4) is 0 Å². The fourth-order valence-electron chi connectivity index (χ4n) is 5.86. The number of fused-ring (bicyclic) bond motifs is 2. The first-order valence-electron chi connectivity index (χ1n) is 13.0. The summed E-state index contributed by atoms with van der Waals surface area (Å²) in [5.41, 5.74) is 3.98. The van der Waals surface area contributed by atoms with Gasteiger partial charge in [-0.2, -0.15) is 0 Å². The highest BCUT2D eigenvalue weighted by atomic mass is 35.5. The first kappa shape index (κ1) is 25.2.